The number of benzene rings is 24. The van der Waals surface area contributed by atoms with Crippen LogP contribution in [0, 0.1) is 0 Å². The van der Waals surface area contributed by atoms with Gasteiger partial charge >= 0.3 is 10.1 Å². The fraction of sp³-hybridized carbons (Fsp3) is 0.118. The quantitative estimate of drug-likeness (QED) is 0.0466. The Labute approximate surface area is 845 Å². The molecule has 0 radical (unpaired) electrons. The van der Waals surface area contributed by atoms with Gasteiger partial charge in [-0.15, -0.1) is 0 Å². The molecule has 0 heterocycles. The Kier molecular flexibility index (Phi) is 25.0. The largest absolute Gasteiger partial charge is 2.00 e. The molecule has 0 aliphatic carbocycles. The van der Waals surface area contributed by atoms with Crippen molar-refractivity contribution in [1.82, 2.24) is 0 Å². The topological polar surface area (TPSA) is 13.0 Å². The molecule has 0 bridgehead atoms. The van der Waals surface area contributed by atoms with E-state index in [0.717, 1.165) is 68.2 Å². The molecule has 0 spiro atoms. The molecular formula is C136H117BeN4P. The molecule has 6 heteroatoms. The summed E-state index contributed by atoms with van der Waals surface area (Å²) in [6, 6.07) is 173. The average Bonchev–Trinajstić information content (AvgIpc) is 0.700. The molecule has 24 aromatic rings. The molecule has 688 valence electrons. The zero-order valence-corrected chi connectivity index (χ0v) is 84.0. The van der Waals surface area contributed by atoms with Crippen LogP contribution < -0.4 is 19.6 Å². The van der Waals surface area contributed by atoms with Crippen molar-refractivity contribution in [2.75, 3.05) is 19.6 Å². The SMILES string of the molecule is CC(C)(C)c1cc2cc(C(C)(C)C)cc3c4cc(C(C)(C)C)cc5cc(C(C)(C)C)cc(c(c1)c23)c54.[3H][PH-].[Be+2].[H-].c1ccc(N(c2ccc(N(c3ccc(N(c4ccccc4)c4cccc5ccccc45)cc3)c3ccc(N(c4ccccc4)c4cccc5ccccc45)cc3)cc2)c2ccc3ccccc3c2)cc1.c1ccc2cc(-c3c4ccccc4c(-c4ccc5ccccc5c4)c4ccccc34)ccc2c1. The second-order valence-electron chi connectivity index (χ2n) is 41.7. The van der Waals surface area contributed by atoms with Gasteiger partial charge in [0.1, 0.15) is 0 Å². The molecule has 0 N–H and O–H groups in total. The fourth-order valence-electron chi connectivity index (χ4n) is 20.9. The van der Waals surface area contributed by atoms with Gasteiger partial charge in [-0.2, -0.15) is 0 Å². The summed E-state index contributed by atoms with van der Waals surface area (Å²) in [6.45, 7) is 28.0. The first-order valence-corrected chi connectivity index (χ1v) is 49.2. The van der Waals surface area contributed by atoms with Crippen LogP contribution in [0.5, 0.6) is 0 Å². The van der Waals surface area contributed by atoms with Crippen LogP contribution in [0.25, 0.3) is 141 Å². The molecule has 0 atom stereocenters. The molecule has 4 nitrogen and oxygen atoms in total. The van der Waals surface area contributed by atoms with Gasteiger partial charge in [-0.05, 0) is 344 Å². The van der Waals surface area contributed by atoms with E-state index >= 15 is 0 Å². The van der Waals surface area contributed by atoms with E-state index in [4.69, 9.17) is 1.28 Å². The van der Waals surface area contributed by atoms with Crippen LogP contribution in [0.2, 0.25) is 0 Å². The predicted molar refractivity (Wildman–Crippen MR) is 624 cm³/mol. The first-order chi connectivity index (χ1) is 68.9. The first kappa shape index (κ1) is 92.5. The summed E-state index contributed by atoms with van der Waals surface area (Å²) in [6.07, 6.45) is 0. The maximum Gasteiger partial charge on any atom is 2.00 e. The summed E-state index contributed by atoms with van der Waals surface area (Å²) in [5.41, 5.74) is 24.1. The van der Waals surface area contributed by atoms with Crippen molar-refractivity contribution in [3.8, 4) is 22.3 Å². The number of para-hydroxylation sites is 3. The zero-order chi connectivity index (χ0) is 97.7. The molecule has 0 saturated heterocycles. The first-order valence-electron chi connectivity index (χ1n) is 49.7. The molecule has 24 aromatic carbocycles. The van der Waals surface area contributed by atoms with Crippen molar-refractivity contribution in [2.45, 2.75) is 105 Å². The Hall–Kier alpha value is -15.8. The van der Waals surface area contributed by atoms with Crippen molar-refractivity contribution in [3.63, 3.8) is 0 Å². The molecule has 24 rings (SSSR count). The third-order valence-electron chi connectivity index (χ3n) is 28.3. The van der Waals surface area contributed by atoms with Crippen molar-refractivity contribution in [2.24, 2.45) is 0 Å². The number of anilines is 12. The van der Waals surface area contributed by atoms with E-state index in [1.165, 1.54) is 163 Å². The molecule has 142 heavy (non-hydrogen) atoms. The van der Waals surface area contributed by atoms with Gasteiger partial charge in [-0.3, -0.25) is 0 Å². The second kappa shape index (κ2) is 38.4. The van der Waals surface area contributed by atoms with Gasteiger partial charge in [0.15, 0.2) is 0 Å². The molecule has 0 fully saturated rings. The third kappa shape index (κ3) is 18.2. The summed E-state index contributed by atoms with van der Waals surface area (Å²) in [5, 5.41) is 28.7. The van der Waals surface area contributed by atoms with Gasteiger partial charge < -0.3 is 30.9 Å². The Morgan fingerprint density at radius 1 is 0.169 bits per heavy atom. The number of fused-ring (bicyclic) bond motifs is 9. The van der Waals surface area contributed by atoms with Gasteiger partial charge in [0.25, 0.3) is 0 Å². The molecular weight excluding hydrogens is 1730 g/mol. The molecule has 0 amide bonds. The predicted octanol–water partition coefficient (Wildman–Crippen LogP) is 39.6. The van der Waals surface area contributed by atoms with E-state index in [0.29, 0.717) is 0 Å². The summed E-state index contributed by atoms with van der Waals surface area (Å²) < 4.78 is 5.56. The van der Waals surface area contributed by atoms with Crippen LogP contribution >= 0.6 is 9.84 Å². The van der Waals surface area contributed by atoms with E-state index < -0.39 is 0 Å². The average molecular weight is 1850 g/mol. The van der Waals surface area contributed by atoms with E-state index in [9.17, 15) is 0 Å². The Morgan fingerprint density at radius 3 is 0.690 bits per heavy atom. The summed E-state index contributed by atoms with van der Waals surface area (Å²) in [5.74, 6) is 0. The molecule has 0 aliphatic heterocycles. The van der Waals surface area contributed by atoms with Crippen molar-refractivity contribution >= 4 is 207 Å². The van der Waals surface area contributed by atoms with E-state index in [-0.39, 0.29) is 33.2 Å². The molecule has 0 aliphatic rings. The Morgan fingerprint density at radius 2 is 0.387 bits per heavy atom. The van der Waals surface area contributed by atoms with Gasteiger partial charge in [0.2, 0.25) is 0 Å². The molecule has 0 saturated carbocycles. The zero-order valence-electron chi connectivity index (χ0n) is 85.0. The van der Waals surface area contributed by atoms with Crippen LogP contribution in [-0.4, -0.2) is 11.4 Å². The number of hydrogen-bond donors (Lipinski definition) is 0. The summed E-state index contributed by atoms with van der Waals surface area (Å²) in [4.78, 5) is 9.41. The third-order valence-corrected chi connectivity index (χ3v) is 28.3. The normalized spacial score (nSPS) is 11.9. The van der Waals surface area contributed by atoms with Crippen molar-refractivity contribution < 1.29 is 1.43 Å². The van der Waals surface area contributed by atoms with E-state index in [1.807, 2.05) is 0 Å². The van der Waals surface area contributed by atoms with Gasteiger partial charge in [-0.25, -0.2) is 1.28 Å². The number of nitrogens with zero attached hydrogens (tertiary/aromatic N) is 4. The van der Waals surface area contributed by atoms with Crippen LogP contribution in [0.15, 0.2) is 473 Å². The molecule has 0 unspecified atom stereocenters. The Bertz CT molecular complexity index is 8180. The second-order valence-corrected chi connectivity index (χ2v) is 41.7. The standard InChI is InChI=1S/C66H48N4.C36H44.C34H22.Be.H2P.H/c1-4-24-53(25-5-1)68(62-35-34-49-18-10-11-21-52(49)48-62)59-38-36-56(37-39-59)67(57-40-44-60(45-41-57)69(54-26-6-2-7-27-54)65-32-16-22-50-19-12-14-30-63(50)65)58-42-46-61(47-43-58)70(55-28-8-3-9-29-55)66-33-17-23-51-20-13-15-31-64(51)66;1-33(2,3)23-13-21-14-24(34(4,5)6)19-29-30-20-26(36(10,11)12)16-22-15-25(35(7,8)9)18-28(32(22)30)27(17-23)31(21)29;1-3-11-25-21-27(19-17-23(25)9-1)33-29-13-5-7-15-31(29)34(32-16-8-6-14-30(32)33)28-20-18-24-10-2-4-12-26(24)22-28;;;/h1-48H;13-20H,1-12H3;1-22H;;1H2;/q;;;+2;2*-1/i;;;;1T;. The summed E-state index contributed by atoms with van der Waals surface area (Å²) in [7, 11) is 2.22. The van der Waals surface area contributed by atoms with E-state index in [1.54, 1.807) is 0 Å². The maximum absolute atomic E-state index is 5.56. The number of rotatable bonds is 14. The van der Waals surface area contributed by atoms with Gasteiger partial charge in [0, 0.05) is 67.6 Å². The summed E-state index contributed by atoms with van der Waals surface area (Å²) >= 11 is 0. The minimum absolute atomic E-state index is 0. The maximum atomic E-state index is 5.56. The minimum atomic E-state index is 0. The van der Waals surface area contributed by atoms with Crippen LogP contribution in [-0.2, 0) is 21.7 Å². The van der Waals surface area contributed by atoms with E-state index in [2.05, 4.69) is 586 Å². The molecule has 0 aromatic heterocycles. The Balaban J connectivity index is 0.000000149. The number of hydrogen-bond acceptors (Lipinski definition) is 4. The van der Waals surface area contributed by atoms with Crippen LogP contribution in [0.3, 0.4) is 0 Å². The van der Waals surface area contributed by atoms with Crippen molar-refractivity contribution in [1.29, 1.82) is 1.28 Å². The van der Waals surface area contributed by atoms with Gasteiger partial charge in [-0.1, -0.05) is 386 Å². The fourth-order valence-corrected chi connectivity index (χ4v) is 20.9. The van der Waals surface area contributed by atoms with Crippen LogP contribution in [0.1, 0.15) is 107 Å². The smallest absolute Gasteiger partial charge is 1.00 e. The van der Waals surface area contributed by atoms with Crippen LogP contribution in [0.4, 0.5) is 68.2 Å². The monoisotopic (exact) mass is 1850 g/mol. The van der Waals surface area contributed by atoms with Crippen molar-refractivity contribution in [3.05, 3.63) is 495 Å². The van der Waals surface area contributed by atoms with Gasteiger partial charge in [0.05, 0.1) is 11.4 Å². The minimum Gasteiger partial charge on any atom is -1.00 e.